The van der Waals surface area contributed by atoms with Crippen molar-refractivity contribution in [2.75, 3.05) is 27.4 Å². The van der Waals surface area contributed by atoms with Crippen molar-refractivity contribution in [2.24, 2.45) is 0 Å². The molecule has 5 rings (SSSR count). The summed E-state index contributed by atoms with van der Waals surface area (Å²) in [5.74, 6) is 1.06. The van der Waals surface area contributed by atoms with Crippen molar-refractivity contribution in [1.82, 2.24) is 9.88 Å². The Morgan fingerprint density at radius 3 is 2.38 bits per heavy atom. The van der Waals surface area contributed by atoms with Crippen molar-refractivity contribution in [1.29, 1.82) is 0 Å². The summed E-state index contributed by atoms with van der Waals surface area (Å²) in [6.45, 7) is 4.18. The first-order valence-corrected chi connectivity index (χ1v) is 14.3. The molecule has 1 aromatic heterocycles. The van der Waals surface area contributed by atoms with Gasteiger partial charge < -0.3 is 24.1 Å². The minimum absolute atomic E-state index is 0.0324. The normalized spacial score (nSPS) is 11.8. The van der Waals surface area contributed by atoms with E-state index in [1.165, 1.54) is 11.1 Å². The fraction of sp³-hybridized carbons (Fsp3) is 0.250. The summed E-state index contributed by atoms with van der Waals surface area (Å²) in [4.78, 5) is 13.2. The highest BCUT2D eigenvalue weighted by molar-refractivity contribution is 5.87. The summed E-state index contributed by atoms with van der Waals surface area (Å²) in [7, 11) is 3.27. The smallest absolute Gasteiger partial charge is 0.221 e. The van der Waals surface area contributed by atoms with Gasteiger partial charge in [-0.25, -0.2) is 0 Å². The highest BCUT2D eigenvalue weighted by atomic mass is 16.5. The topological polar surface area (TPSA) is 61.7 Å². The molecule has 1 N–H and O–H groups in total. The lowest BCUT2D eigenvalue weighted by Crippen LogP contribution is -2.28. The number of hydrogen-bond acceptors (Lipinski definition) is 4. The van der Waals surface area contributed by atoms with Gasteiger partial charge in [0, 0.05) is 49.6 Å². The van der Waals surface area contributed by atoms with Crippen LogP contribution < -0.4 is 14.8 Å². The van der Waals surface area contributed by atoms with Gasteiger partial charge in [-0.3, -0.25) is 4.79 Å². The van der Waals surface area contributed by atoms with Crippen LogP contribution in [0.15, 0.2) is 103 Å². The molecule has 0 aliphatic carbocycles. The number of hydrogen-bond donors (Lipinski definition) is 1. The van der Waals surface area contributed by atoms with Gasteiger partial charge in [0.25, 0.3) is 0 Å². The quantitative estimate of drug-likeness (QED) is 0.159. The van der Waals surface area contributed by atoms with Crippen molar-refractivity contribution in [3.05, 3.63) is 131 Å². The third-order valence-electron chi connectivity index (χ3n) is 7.51. The van der Waals surface area contributed by atoms with Crippen LogP contribution >= 0.6 is 0 Å². The molecule has 1 amide bonds. The second-order valence-corrected chi connectivity index (χ2v) is 10.5. The van der Waals surface area contributed by atoms with E-state index >= 15 is 0 Å². The van der Waals surface area contributed by atoms with Gasteiger partial charge in [0.2, 0.25) is 5.91 Å². The Morgan fingerprint density at radius 2 is 1.62 bits per heavy atom. The molecule has 0 bridgehead atoms. The van der Waals surface area contributed by atoms with Gasteiger partial charge in [-0.05, 0) is 47.4 Å². The van der Waals surface area contributed by atoms with Gasteiger partial charge in [0.05, 0.1) is 13.7 Å². The maximum atomic E-state index is 13.2. The molecular formula is C36H38N2O4. The first kappa shape index (κ1) is 29.0. The van der Waals surface area contributed by atoms with E-state index in [9.17, 15) is 4.79 Å². The number of benzene rings is 4. The van der Waals surface area contributed by atoms with E-state index in [4.69, 9.17) is 14.2 Å². The molecule has 0 saturated carbocycles. The van der Waals surface area contributed by atoms with E-state index in [-0.39, 0.29) is 18.2 Å². The summed E-state index contributed by atoms with van der Waals surface area (Å²) < 4.78 is 19.3. The maximum Gasteiger partial charge on any atom is 0.221 e. The Labute approximate surface area is 247 Å². The van der Waals surface area contributed by atoms with Gasteiger partial charge in [-0.1, -0.05) is 84.4 Å². The first-order valence-electron chi connectivity index (χ1n) is 14.3. The Morgan fingerprint density at radius 1 is 0.857 bits per heavy atom. The Balaban J connectivity index is 1.54. The Bertz CT molecular complexity index is 1610. The summed E-state index contributed by atoms with van der Waals surface area (Å²) in [5, 5.41) is 4.14. The Kier molecular flexibility index (Phi) is 9.57. The molecule has 0 fully saturated rings. The molecular weight excluding hydrogens is 524 g/mol. The molecule has 216 valence electrons. The van der Waals surface area contributed by atoms with E-state index < -0.39 is 0 Å². The lowest BCUT2D eigenvalue weighted by molar-refractivity contribution is -0.121. The molecule has 0 saturated heterocycles. The summed E-state index contributed by atoms with van der Waals surface area (Å²) in [6.07, 6.45) is 2.49. The van der Waals surface area contributed by atoms with Crippen molar-refractivity contribution in [3.63, 3.8) is 0 Å². The van der Waals surface area contributed by atoms with E-state index in [0.717, 1.165) is 34.1 Å². The third kappa shape index (κ3) is 7.01. The largest absolute Gasteiger partial charge is 0.493 e. The van der Waals surface area contributed by atoms with Gasteiger partial charge in [0.15, 0.2) is 11.5 Å². The maximum absolute atomic E-state index is 13.2. The number of aromatic nitrogens is 1. The fourth-order valence-corrected chi connectivity index (χ4v) is 5.29. The lowest BCUT2D eigenvalue weighted by Gasteiger charge is -2.20. The molecule has 0 aliphatic rings. The number of nitrogens with one attached hydrogen (secondary N) is 1. The zero-order chi connectivity index (χ0) is 29.3. The molecule has 1 atom stereocenters. The van der Waals surface area contributed by atoms with Crippen LogP contribution in [0.4, 0.5) is 0 Å². The predicted octanol–water partition coefficient (Wildman–Crippen LogP) is 6.87. The molecule has 42 heavy (non-hydrogen) atoms. The van der Waals surface area contributed by atoms with Gasteiger partial charge in [-0.2, -0.15) is 0 Å². The molecule has 0 unspecified atom stereocenters. The van der Waals surface area contributed by atoms with Gasteiger partial charge in [0.1, 0.15) is 6.61 Å². The van der Waals surface area contributed by atoms with Crippen LogP contribution in [-0.4, -0.2) is 37.8 Å². The minimum Gasteiger partial charge on any atom is -0.493 e. The van der Waals surface area contributed by atoms with E-state index in [1.807, 2.05) is 48.5 Å². The molecule has 6 heteroatoms. The highest BCUT2D eigenvalue weighted by Gasteiger charge is 2.24. The number of methoxy groups -OCH3 is 2. The zero-order valence-electron chi connectivity index (χ0n) is 24.5. The number of nitrogens with zero attached hydrogens (tertiary/aromatic N) is 1. The van der Waals surface area contributed by atoms with Crippen LogP contribution in [0.1, 0.15) is 40.2 Å². The molecule has 5 aromatic rings. The second kappa shape index (κ2) is 13.9. The SMILES string of the molecule is COCCNC(=O)C[C@H](c1ccc(OC)c(OCc2ccccc2)c1)c1cn(Cc2ccc(C)cc2)c2ccccc12. The number of aryl methyl sites for hydroxylation is 1. The number of ether oxygens (including phenoxy) is 3. The minimum atomic E-state index is -0.207. The number of amides is 1. The molecule has 0 radical (unpaired) electrons. The lowest BCUT2D eigenvalue weighted by atomic mass is 9.87. The molecule has 0 spiro atoms. The Hall–Kier alpha value is -4.55. The summed E-state index contributed by atoms with van der Waals surface area (Å²) >= 11 is 0. The standard InChI is InChI=1S/C36H38N2O4/c1-26-13-15-27(16-14-26)23-38-24-32(30-11-7-8-12-33(30)38)31(22-36(39)37-19-20-40-2)29-17-18-34(41-3)35(21-29)42-25-28-9-5-4-6-10-28/h4-18,21,24,31H,19-20,22-23,25H2,1-3H3,(H,37,39)/t31-/m1/s1. The van der Waals surface area contributed by atoms with Crippen molar-refractivity contribution >= 4 is 16.8 Å². The number of carbonyl (C=O) groups is 1. The van der Waals surface area contributed by atoms with E-state index in [2.05, 4.69) is 71.5 Å². The first-order chi connectivity index (χ1) is 20.6. The summed E-state index contributed by atoms with van der Waals surface area (Å²) in [5.41, 5.74) is 6.74. The van der Waals surface area contributed by atoms with Crippen LogP contribution in [0.2, 0.25) is 0 Å². The van der Waals surface area contributed by atoms with Crippen LogP contribution in [0.3, 0.4) is 0 Å². The van der Waals surface area contributed by atoms with E-state index in [0.29, 0.717) is 31.3 Å². The third-order valence-corrected chi connectivity index (χ3v) is 7.51. The number of rotatable bonds is 13. The number of para-hydroxylation sites is 1. The van der Waals surface area contributed by atoms with Crippen LogP contribution in [0, 0.1) is 6.92 Å². The van der Waals surface area contributed by atoms with Crippen LogP contribution in [0.25, 0.3) is 10.9 Å². The van der Waals surface area contributed by atoms with Gasteiger partial charge >= 0.3 is 0 Å². The van der Waals surface area contributed by atoms with E-state index in [1.54, 1.807) is 14.2 Å². The zero-order valence-corrected chi connectivity index (χ0v) is 24.5. The predicted molar refractivity (Wildman–Crippen MR) is 167 cm³/mol. The van der Waals surface area contributed by atoms with Crippen LogP contribution in [-0.2, 0) is 22.7 Å². The average molecular weight is 563 g/mol. The van der Waals surface area contributed by atoms with Gasteiger partial charge in [-0.15, -0.1) is 0 Å². The van der Waals surface area contributed by atoms with Crippen molar-refractivity contribution < 1.29 is 19.0 Å². The number of carbonyl (C=O) groups excluding carboxylic acids is 1. The van der Waals surface area contributed by atoms with Crippen molar-refractivity contribution in [3.8, 4) is 11.5 Å². The average Bonchev–Trinajstić information content (AvgIpc) is 3.38. The molecule has 1 heterocycles. The van der Waals surface area contributed by atoms with Crippen molar-refractivity contribution in [2.45, 2.75) is 32.4 Å². The monoisotopic (exact) mass is 562 g/mol. The molecule has 6 nitrogen and oxygen atoms in total. The number of fused-ring (bicyclic) bond motifs is 1. The summed E-state index contributed by atoms with van der Waals surface area (Å²) in [6, 6.07) is 33.1. The fourth-order valence-electron chi connectivity index (χ4n) is 5.29. The second-order valence-electron chi connectivity index (χ2n) is 10.5. The van der Waals surface area contributed by atoms with Crippen LogP contribution in [0.5, 0.6) is 11.5 Å². The highest BCUT2D eigenvalue weighted by Crippen LogP contribution is 2.39. The molecule has 0 aliphatic heterocycles. The molecule has 4 aromatic carbocycles.